The first-order valence-corrected chi connectivity index (χ1v) is 7.72. The fraction of sp³-hybridized carbons (Fsp3) is 0.538. The largest absolute Gasteiger partial charge is 0.383 e. The molecule has 0 bridgehead atoms. The second-order valence-electron chi connectivity index (χ2n) is 4.61. The van der Waals surface area contributed by atoms with E-state index < -0.39 is 0 Å². The Labute approximate surface area is 132 Å². The van der Waals surface area contributed by atoms with Gasteiger partial charge in [-0.3, -0.25) is 0 Å². The molecule has 0 aromatic carbocycles. The standard InChI is InChI=1S/C13H18BrClN4O/c1-18(5-6-20-2)3-4-19-12(8-15)17-11-7-10(14)9-16-13(11)19/h7,9H,3-6,8H2,1-2H3. The second-order valence-corrected chi connectivity index (χ2v) is 5.79. The minimum absolute atomic E-state index is 0.385. The van der Waals surface area contributed by atoms with Gasteiger partial charge in [0.05, 0.1) is 12.5 Å². The number of nitrogens with zero attached hydrogens (tertiary/aromatic N) is 4. The topological polar surface area (TPSA) is 43.2 Å². The van der Waals surface area contributed by atoms with Crippen molar-refractivity contribution in [3.8, 4) is 0 Å². The number of ether oxygens (including phenoxy) is 1. The summed E-state index contributed by atoms with van der Waals surface area (Å²) in [5.41, 5.74) is 1.75. The Hall–Kier alpha value is -0.690. The molecular formula is C13H18BrClN4O. The van der Waals surface area contributed by atoms with Crippen molar-refractivity contribution < 1.29 is 4.74 Å². The lowest BCUT2D eigenvalue weighted by atomic mass is 10.4. The molecule has 5 nitrogen and oxygen atoms in total. The van der Waals surface area contributed by atoms with E-state index in [0.717, 1.165) is 47.7 Å². The van der Waals surface area contributed by atoms with Crippen molar-refractivity contribution in [1.29, 1.82) is 0 Å². The van der Waals surface area contributed by atoms with Gasteiger partial charge in [-0.15, -0.1) is 11.6 Å². The average Bonchev–Trinajstić information content (AvgIpc) is 2.79. The van der Waals surface area contributed by atoms with Crippen LogP contribution in [0.15, 0.2) is 16.7 Å². The third kappa shape index (κ3) is 3.69. The van der Waals surface area contributed by atoms with Gasteiger partial charge < -0.3 is 14.2 Å². The van der Waals surface area contributed by atoms with E-state index >= 15 is 0 Å². The predicted molar refractivity (Wildman–Crippen MR) is 84.2 cm³/mol. The first kappa shape index (κ1) is 15.7. The fourth-order valence-corrected chi connectivity index (χ4v) is 2.52. The van der Waals surface area contributed by atoms with Crippen LogP contribution in [0.1, 0.15) is 5.82 Å². The highest BCUT2D eigenvalue weighted by atomic mass is 79.9. The van der Waals surface area contributed by atoms with Gasteiger partial charge in [0.15, 0.2) is 5.65 Å². The maximum absolute atomic E-state index is 5.99. The number of methoxy groups -OCH3 is 1. The molecule has 2 heterocycles. The molecule has 7 heteroatoms. The molecule has 0 N–H and O–H groups in total. The van der Waals surface area contributed by atoms with Crippen LogP contribution in [0.5, 0.6) is 0 Å². The summed E-state index contributed by atoms with van der Waals surface area (Å²) in [5.74, 6) is 1.24. The maximum atomic E-state index is 5.99. The first-order valence-electron chi connectivity index (χ1n) is 6.39. The zero-order valence-corrected chi connectivity index (χ0v) is 14.0. The number of fused-ring (bicyclic) bond motifs is 1. The van der Waals surface area contributed by atoms with Gasteiger partial charge in [-0.25, -0.2) is 9.97 Å². The molecule has 0 radical (unpaired) electrons. The normalized spacial score (nSPS) is 11.7. The van der Waals surface area contributed by atoms with Crippen molar-refractivity contribution in [3.05, 3.63) is 22.6 Å². The molecular weight excluding hydrogens is 344 g/mol. The van der Waals surface area contributed by atoms with Crippen LogP contribution in [0.4, 0.5) is 0 Å². The van der Waals surface area contributed by atoms with Gasteiger partial charge in [0, 0.05) is 37.4 Å². The van der Waals surface area contributed by atoms with E-state index in [2.05, 4.69) is 42.4 Å². The van der Waals surface area contributed by atoms with Crippen LogP contribution in [0.25, 0.3) is 11.2 Å². The Balaban J connectivity index is 2.15. The Kier molecular flexibility index (Phi) is 5.77. The van der Waals surface area contributed by atoms with Crippen molar-refractivity contribution in [2.45, 2.75) is 12.4 Å². The number of pyridine rings is 1. The minimum Gasteiger partial charge on any atom is -0.383 e. The lowest BCUT2D eigenvalue weighted by Gasteiger charge is -2.17. The highest BCUT2D eigenvalue weighted by Gasteiger charge is 2.12. The zero-order valence-electron chi connectivity index (χ0n) is 11.6. The fourth-order valence-electron chi connectivity index (χ4n) is 2.00. The van der Waals surface area contributed by atoms with Gasteiger partial charge >= 0.3 is 0 Å². The van der Waals surface area contributed by atoms with Crippen molar-refractivity contribution in [2.75, 3.05) is 33.9 Å². The smallest absolute Gasteiger partial charge is 0.160 e. The predicted octanol–water partition coefficient (Wildman–Crippen LogP) is 2.51. The molecule has 110 valence electrons. The molecule has 0 aliphatic rings. The number of likely N-dealkylation sites (N-methyl/N-ethyl adjacent to an activating group) is 1. The van der Waals surface area contributed by atoms with Gasteiger partial charge in [-0.05, 0) is 29.0 Å². The minimum atomic E-state index is 0.385. The van der Waals surface area contributed by atoms with Gasteiger partial charge in [0.1, 0.15) is 11.3 Å². The molecule has 20 heavy (non-hydrogen) atoms. The van der Waals surface area contributed by atoms with Crippen molar-refractivity contribution in [3.63, 3.8) is 0 Å². The van der Waals surface area contributed by atoms with Gasteiger partial charge in [-0.2, -0.15) is 0 Å². The number of alkyl halides is 1. The molecule has 0 amide bonds. The van der Waals surface area contributed by atoms with Crippen LogP contribution in [-0.4, -0.2) is 53.3 Å². The first-order chi connectivity index (χ1) is 9.65. The summed E-state index contributed by atoms with van der Waals surface area (Å²) in [5, 5.41) is 0. The summed E-state index contributed by atoms with van der Waals surface area (Å²) in [6.07, 6.45) is 1.78. The number of imidazole rings is 1. The molecule has 0 aliphatic carbocycles. The van der Waals surface area contributed by atoms with E-state index in [4.69, 9.17) is 16.3 Å². The average molecular weight is 362 g/mol. The molecule has 2 aromatic heterocycles. The lowest BCUT2D eigenvalue weighted by molar-refractivity contribution is 0.159. The number of rotatable bonds is 7. The van der Waals surface area contributed by atoms with Gasteiger partial charge in [0.2, 0.25) is 0 Å². The number of hydrogen-bond acceptors (Lipinski definition) is 4. The zero-order chi connectivity index (χ0) is 14.5. The van der Waals surface area contributed by atoms with Crippen molar-refractivity contribution in [2.24, 2.45) is 0 Å². The van der Waals surface area contributed by atoms with E-state index in [9.17, 15) is 0 Å². The molecule has 2 rings (SSSR count). The number of halogens is 2. The molecule has 0 saturated heterocycles. The summed E-state index contributed by atoms with van der Waals surface area (Å²) in [6.45, 7) is 3.34. The van der Waals surface area contributed by atoms with Crippen LogP contribution < -0.4 is 0 Å². The molecule has 0 unspecified atom stereocenters. The third-order valence-electron chi connectivity index (χ3n) is 3.13. The third-order valence-corrected chi connectivity index (χ3v) is 3.81. The number of hydrogen-bond donors (Lipinski definition) is 0. The van der Waals surface area contributed by atoms with Crippen LogP contribution in [0, 0.1) is 0 Å². The van der Waals surface area contributed by atoms with Crippen LogP contribution in [0.3, 0.4) is 0 Å². The van der Waals surface area contributed by atoms with Crippen LogP contribution in [-0.2, 0) is 17.2 Å². The molecule has 0 spiro atoms. The SMILES string of the molecule is COCCN(C)CCn1c(CCl)nc2cc(Br)cnc21. The van der Waals surface area contributed by atoms with E-state index in [1.54, 1.807) is 13.3 Å². The summed E-state index contributed by atoms with van der Waals surface area (Å²) in [4.78, 5) is 11.2. The van der Waals surface area contributed by atoms with Crippen LogP contribution in [0.2, 0.25) is 0 Å². The monoisotopic (exact) mass is 360 g/mol. The molecule has 2 aromatic rings. The Morgan fingerprint density at radius 1 is 1.45 bits per heavy atom. The molecule has 0 aliphatic heterocycles. The van der Waals surface area contributed by atoms with Crippen molar-refractivity contribution in [1.82, 2.24) is 19.4 Å². The molecule has 0 fully saturated rings. The Bertz CT molecular complexity index is 575. The Morgan fingerprint density at radius 2 is 2.25 bits per heavy atom. The van der Waals surface area contributed by atoms with E-state index in [1.807, 2.05) is 6.07 Å². The van der Waals surface area contributed by atoms with Gasteiger partial charge in [-0.1, -0.05) is 0 Å². The lowest BCUT2D eigenvalue weighted by Crippen LogP contribution is -2.27. The summed E-state index contributed by atoms with van der Waals surface area (Å²) >= 11 is 9.40. The van der Waals surface area contributed by atoms with Crippen LogP contribution >= 0.6 is 27.5 Å². The summed E-state index contributed by atoms with van der Waals surface area (Å²) in [6, 6.07) is 1.96. The summed E-state index contributed by atoms with van der Waals surface area (Å²) < 4.78 is 8.08. The summed E-state index contributed by atoms with van der Waals surface area (Å²) in [7, 11) is 3.78. The van der Waals surface area contributed by atoms with Crippen molar-refractivity contribution >= 4 is 38.7 Å². The van der Waals surface area contributed by atoms with E-state index in [-0.39, 0.29) is 0 Å². The maximum Gasteiger partial charge on any atom is 0.160 e. The Morgan fingerprint density at radius 3 is 2.95 bits per heavy atom. The van der Waals surface area contributed by atoms with E-state index in [0.29, 0.717) is 5.88 Å². The molecule has 0 saturated carbocycles. The quantitative estimate of drug-likeness (QED) is 0.711. The highest BCUT2D eigenvalue weighted by molar-refractivity contribution is 9.10. The number of aromatic nitrogens is 3. The second kappa shape index (κ2) is 7.36. The molecule has 0 atom stereocenters. The highest BCUT2D eigenvalue weighted by Crippen LogP contribution is 2.19. The van der Waals surface area contributed by atoms with E-state index in [1.165, 1.54) is 0 Å². The van der Waals surface area contributed by atoms with Gasteiger partial charge in [0.25, 0.3) is 0 Å².